The number of anilines is 1. The summed E-state index contributed by atoms with van der Waals surface area (Å²) in [6, 6.07) is 8.57. The molecule has 1 aliphatic heterocycles. The number of thiazole rings is 1. The largest absolute Gasteiger partial charge is 0.346 e. The Morgan fingerprint density at radius 2 is 1.95 bits per heavy atom. The Morgan fingerprint density at radius 1 is 1.21 bits per heavy atom. The van der Waals surface area contributed by atoms with E-state index in [-0.39, 0.29) is 0 Å². The standard InChI is InChI=1S/C14H14N4S/c15-7-12-13(16-14-18(12)5-6-19-14)17-8-10-3-1-2-4-11(10)9-17/h1-6H,7-9,15H2. The van der Waals surface area contributed by atoms with Gasteiger partial charge in [-0.2, -0.15) is 0 Å². The average molecular weight is 270 g/mol. The van der Waals surface area contributed by atoms with Gasteiger partial charge in [0.05, 0.1) is 5.69 Å². The molecule has 2 N–H and O–H groups in total. The normalized spacial score (nSPS) is 14.3. The molecule has 2 aromatic heterocycles. The van der Waals surface area contributed by atoms with Crippen molar-refractivity contribution in [2.24, 2.45) is 5.73 Å². The number of hydrogen-bond donors (Lipinski definition) is 1. The number of hydrogen-bond acceptors (Lipinski definition) is 4. The molecule has 0 radical (unpaired) electrons. The summed E-state index contributed by atoms with van der Waals surface area (Å²) in [5.74, 6) is 1.03. The molecule has 0 fully saturated rings. The molecule has 96 valence electrons. The molecule has 4 nitrogen and oxygen atoms in total. The molecule has 3 aromatic rings. The summed E-state index contributed by atoms with van der Waals surface area (Å²) in [5, 5.41) is 2.05. The van der Waals surface area contributed by atoms with E-state index in [2.05, 4.69) is 33.6 Å². The zero-order valence-electron chi connectivity index (χ0n) is 10.4. The van der Waals surface area contributed by atoms with E-state index in [1.807, 2.05) is 11.6 Å². The van der Waals surface area contributed by atoms with E-state index < -0.39 is 0 Å². The molecule has 0 saturated heterocycles. The van der Waals surface area contributed by atoms with Crippen molar-refractivity contribution in [3.63, 3.8) is 0 Å². The molecular formula is C14H14N4S. The highest BCUT2D eigenvalue weighted by Crippen LogP contribution is 2.31. The van der Waals surface area contributed by atoms with Gasteiger partial charge in [0.1, 0.15) is 0 Å². The Morgan fingerprint density at radius 3 is 2.63 bits per heavy atom. The first-order valence-corrected chi connectivity index (χ1v) is 7.21. The van der Waals surface area contributed by atoms with E-state index in [9.17, 15) is 0 Å². The fourth-order valence-corrected chi connectivity index (χ4v) is 3.48. The maximum absolute atomic E-state index is 5.91. The van der Waals surface area contributed by atoms with Crippen molar-refractivity contribution in [1.82, 2.24) is 9.38 Å². The lowest BCUT2D eigenvalue weighted by molar-refractivity contribution is 0.840. The van der Waals surface area contributed by atoms with Gasteiger partial charge in [-0.05, 0) is 11.1 Å². The van der Waals surface area contributed by atoms with Crippen LogP contribution in [-0.4, -0.2) is 9.38 Å². The third-order valence-electron chi connectivity index (χ3n) is 3.67. The highest BCUT2D eigenvalue weighted by molar-refractivity contribution is 7.15. The van der Waals surface area contributed by atoms with Gasteiger partial charge in [0.2, 0.25) is 0 Å². The van der Waals surface area contributed by atoms with Crippen LogP contribution in [0.25, 0.3) is 4.96 Å². The summed E-state index contributed by atoms with van der Waals surface area (Å²) in [5.41, 5.74) is 9.79. The molecule has 5 heteroatoms. The quantitative estimate of drug-likeness (QED) is 0.777. The molecule has 1 aromatic carbocycles. The molecule has 0 amide bonds. The van der Waals surface area contributed by atoms with Crippen LogP contribution in [0.1, 0.15) is 16.8 Å². The van der Waals surface area contributed by atoms with E-state index in [4.69, 9.17) is 10.7 Å². The van der Waals surface area contributed by atoms with Crippen molar-refractivity contribution in [3.8, 4) is 0 Å². The monoisotopic (exact) mass is 270 g/mol. The van der Waals surface area contributed by atoms with Gasteiger partial charge in [0.25, 0.3) is 0 Å². The SMILES string of the molecule is NCc1c(N2Cc3ccccc3C2)nc2sccn12. The van der Waals surface area contributed by atoms with Crippen LogP contribution in [0.5, 0.6) is 0 Å². The first-order valence-electron chi connectivity index (χ1n) is 6.33. The van der Waals surface area contributed by atoms with Crippen molar-refractivity contribution in [2.75, 3.05) is 4.90 Å². The number of nitrogens with two attached hydrogens (primary N) is 1. The predicted molar refractivity (Wildman–Crippen MR) is 77.3 cm³/mol. The molecule has 4 rings (SSSR count). The van der Waals surface area contributed by atoms with Crippen LogP contribution in [0.2, 0.25) is 0 Å². The van der Waals surface area contributed by atoms with Crippen molar-refractivity contribution in [2.45, 2.75) is 19.6 Å². The predicted octanol–water partition coefficient (Wildman–Crippen LogP) is 2.37. The minimum Gasteiger partial charge on any atom is -0.346 e. The summed E-state index contributed by atoms with van der Waals surface area (Å²) >= 11 is 1.65. The Hall–Kier alpha value is -1.85. The minimum absolute atomic E-state index is 0.514. The van der Waals surface area contributed by atoms with Gasteiger partial charge in [0.15, 0.2) is 10.8 Å². The number of fused-ring (bicyclic) bond motifs is 2. The van der Waals surface area contributed by atoms with Crippen LogP contribution in [0.4, 0.5) is 5.82 Å². The fraction of sp³-hybridized carbons (Fsp3) is 0.214. The molecule has 1 aliphatic rings. The van der Waals surface area contributed by atoms with E-state index in [0.29, 0.717) is 6.54 Å². The zero-order valence-corrected chi connectivity index (χ0v) is 11.2. The molecular weight excluding hydrogens is 256 g/mol. The van der Waals surface area contributed by atoms with Crippen molar-refractivity contribution < 1.29 is 0 Å². The number of benzene rings is 1. The van der Waals surface area contributed by atoms with Crippen molar-refractivity contribution in [3.05, 3.63) is 52.7 Å². The Balaban J connectivity index is 1.78. The minimum atomic E-state index is 0.514. The van der Waals surface area contributed by atoms with Crippen LogP contribution >= 0.6 is 11.3 Å². The van der Waals surface area contributed by atoms with E-state index in [1.165, 1.54) is 11.1 Å². The van der Waals surface area contributed by atoms with Gasteiger partial charge >= 0.3 is 0 Å². The van der Waals surface area contributed by atoms with Crippen molar-refractivity contribution >= 4 is 22.1 Å². The lowest BCUT2D eigenvalue weighted by atomic mass is 10.1. The Bertz CT molecular complexity index is 718. The lowest BCUT2D eigenvalue weighted by Crippen LogP contribution is -2.18. The summed E-state index contributed by atoms with van der Waals surface area (Å²) in [6.45, 7) is 2.36. The van der Waals surface area contributed by atoms with E-state index >= 15 is 0 Å². The fourth-order valence-electron chi connectivity index (χ4n) is 2.75. The molecule has 0 saturated carbocycles. The Labute approximate surface area is 115 Å². The first-order chi connectivity index (χ1) is 9.36. The second-order valence-corrected chi connectivity index (χ2v) is 5.64. The second-order valence-electron chi connectivity index (χ2n) is 4.77. The maximum atomic E-state index is 5.91. The van der Waals surface area contributed by atoms with Crippen LogP contribution in [0, 0.1) is 0 Å². The third-order valence-corrected chi connectivity index (χ3v) is 4.43. The van der Waals surface area contributed by atoms with Crippen molar-refractivity contribution in [1.29, 1.82) is 0 Å². The second kappa shape index (κ2) is 4.08. The van der Waals surface area contributed by atoms with Crippen LogP contribution < -0.4 is 10.6 Å². The summed E-state index contributed by atoms with van der Waals surface area (Å²) < 4.78 is 2.10. The molecule has 19 heavy (non-hydrogen) atoms. The number of aromatic nitrogens is 2. The molecule has 3 heterocycles. The van der Waals surface area contributed by atoms with Gasteiger partial charge in [-0.3, -0.25) is 4.40 Å². The van der Waals surface area contributed by atoms with Gasteiger partial charge in [0, 0.05) is 31.2 Å². The maximum Gasteiger partial charge on any atom is 0.195 e. The first kappa shape index (κ1) is 11.0. The smallest absolute Gasteiger partial charge is 0.195 e. The molecule has 0 atom stereocenters. The summed E-state index contributed by atoms with van der Waals surface area (Å²) in [6.07, 6.45) is 2.04. The molecule has 0 aliphatic carbocycles. The van der Waals surface area contributed by atoms with E-state index in [1.54, 1.807) is 11.3 Å². The van der Waals surface area contributed by atoms with Crippen LogP contribution in [0.15, 0.2) is 35.8 Å². The van der Waals surface area contributed by atoms with Gasteiger partial charge < -0.3 is 10.6 Å². The van der Waals surface area contributed by atoms with Gasteiger partial charge in [-0.25, -0.2) is 4.98 Å². The van der Waals surface area contributed by atoms with Crippen LogP contribution in [-0.2, 0) is 19.6 Å². The molecule has 0 bridgehead atoms. The highest BCUT2D eigenvalue weighted by atomic mass is 32.1. The molecule has 0 unspecified atom stereocenters. The highest BCUT2D eigenvalue weighted by Gasteiger charge is 2.24. The number of rotatable bonds is 2. The average Bonchev–Trinajstić information content (AvgIpc) is 3.10. The Kier molecular flexibility index (Phi) is 2.36. The lowest BCUT2D eigenvalue weighted by Gasteiger charge is -2.16. The number of imidazole rings is 1. The van der Waals surface area contributed by atoms with Crippen LogP contribution in [0.3, 0.4) is 0 Å². The zero-order chi connectivity index (χ0) is 12.8. The van der Waals surface area contributed by atoms with Gasteiger partial charge in [-0.1, -0.05) is 24.3 Å². The number of nitrogens with zero attached hydrogens (tertiary/aromatic N) is 3. The third kappa shape index (κ3) is 1.59. The summed E-state index contributed by atoms with van der Waals surface area (Å²) in [7, 11) is 0. The topological polar surface area (TPSA) is 46.6 Å². The van der Waals surface area contributed by atoms with E-state index in [0.717, 1.165) is 29.6 Å². The molecule has 0 spiro atoms. The van der Waals surface area contributed by atoms with Gasteiger partial charge in [-0.15, -0.1) is 11.3 Å². The summed E-state index contributed by atoms with van der Waals surface area (Å²) in [4.78, 5) is 8.07.